The van der Waals surface area contributed by atoms with Gasteiger partial charge in [0.25, 0.3) is 0 Å². The van der Waals surface area contributed by atoms with Crippen molar-refractivity contribution >= 4 is 23.5 Å². The zero-order chi connectivity index (χ0) is 14.1. The lowest BCUT2D eigenvalue weighted by Crippen LogP contribution is -1.93. The van der Waals surface area contributed by atoms with E-state index in [1.807, 2.05) is 24.3 Å². The number of anilines is 1. The molecule has 0 atom stereocenters. The Bertz CT molecular complexity index is 719. The fraction of sp³-hybridized carbons (Fsp3) is 0.0625. The number of ether oxygens (including phenoxy) is 2. The van der Waals surface area contributed by atoms with E-state index in [0.29, 0.717) is 22.8 Å². The van der Waals surface area contributed by atoms with Crippen LogP contribution in [0.15, 0.2) is 42.5 Å². The number of esters is 1. The summed E-state index contributed by atoms with van der Waals surface area (Å²) in [6.07, 6.45) is 1.79. The number of nitrogens with two attached hydrogens (primary N) is 1. The van der Waals surface area contributed by atoms with Crippen molar-refractivity contribution < 1.29 is 14.3 Å². The summed E-state index contributed by atoms with van der Waals surface area (Å²) in [7, 11) is 1.57. The predicted octanol–water partition coefficient (Wildman–Crippen LogP) is 2.95. The molecule has 4 nitrogen and oxygen atoms in total. The quantitative estimate of drug-likeness (QED) is 0.671. The van der Waals surface area contributed by atoms with E-state index in [9.17, 15) is 4.79 Å². The minimum atomic E-state index is -0.326. The molecule has 2 aromatic carbocycles. The molecule has 2 aromatic rings. The lowest BCUT2D eigenvalue weighted by molar-refractivity contribution is 0.0717. The third kappa shape index (κ3) is 2.01. The van der Waals surface area contributed by atoms with Gasteiger partial charge in [0.05, 0.1) is 18.4 Å². The minimum absolute atomic E-state index is 0.326. The Kier molecular flexibility index (Phi) is 2.91. The maximum Gasteiger partial charge on any atom is 0.344 e. The van der Waals surface area contributed by atoms with E-state index < -0.39 is 0 Å². The molecule has 0 unspecified atom stereocenters. The molecule has 4 heteroatoms. The molecule has 0 fully saturated rings. The van der Waals surface area contributed by atoms with Crippen LogP contribution in [0, 0.1) is 0 Å². The maximum absolute atomic E-state index is 11.7. The lowest BCUT2D eigenvalue weighted by atomic mass is 10.1. The Hall–Kier alpha value is -2.75. The maximum atomic E-state index is 11.7. The van der Waals surface area contributed by atoms with Crippen molar-refractivity contribution in [2.45, 2.75) is 0 Å². The van der Waals surface area contributed by atoms with Gasteiger partial charge in [-0.3, -0.25) is 0 Å². The molecule has 20 heavy (non-hydrogen) atoms. The number of hydrogen-bond donors (Lipinski definition) is 1. The number of hydrogen-bond acceptors (Lipinski definition) is 4. The molecule has 0 bridgehead atoms. The van der Waals surface area contributed by atoms with Gasteiger partial charge in [-0.15, -0.1) is 0 Å². The monoisotopic (exact) mass is 267 g/mol. The first-order valence-corrected chi connectivity index (χ1v) is 6.16. The molecule has 1 heterocycles. The average molecular weight is 267 g/mol. The highest BCUT2D eigenvalue weighted by Gasteiger charge is 2.25. The second-order valence-electron chi connectivity index (χ2n) is 4.45. The number of carbonyl (C=O) groups is 1. The predicted molar refractivity (Wildman–Crippen MR) is 77.1 cm³/mol. The molecule has 1 aliphatic rings. The Labute approximate surface area is 116 Å². The van der Waals surface area contributed by atoms with Crippen LogP contribution in [-0.2, 0) is 4.74 Å². The van der Waals surface area contributed by atoms with Gasteiger partial charge in [-0.25, -0.2) is 4.79 Å². The molecule has 0 saturated carbocycles. The van der Waals surface area contributed by atoms with Gasteiger partial charge < -0.3 is 15.2 Å². The molecule has 0 aromatic heterocycles. The SMILES string of the molecule is COc1ccc(/C=C2\OC(=O)c3ccccc32)cc1N. The topological polar surface area (TPSA) is 61.5 Å². The van der Waals surface area contributed by atoms with Gasteiger partial charge in [-0.05, 0) is 29.8 Å². The molecular weight excluding hydrogens is 254 g/mol. The Morgan fingerprint density at radius 2 is 1.90 bits per heavy atom. The Morgan fingerprint density at radius 3 is 2.60 bits per heavy atom. The Morgan fingerprint density at radius 1 is 1.15 bits per heavy atom. The van der Waals surface area contributed by atoms with Gasteiger partial charge in [0.2, 0.25) is 0 Å². The third-order valence-corrected chi connectivity index (χ3v) is 3.17. The van der Waals surface area contributed by atoms with Crippen LogP contribution in [0.3, 0.4) is 0 Å². The Balaban J connectivity index is 2.02. The van der Waals surface area contributed by atoms with E-state index in [0.717, 1.165) is 11.1 Å². The molecule has 1 aliphatic heterocycles. The molecular formula is C16H13NO3. The van der Waals surface area contributed by atoms with E-state index in [1.165, 1.54) is 0 Å². The number of benzene rings is 2. The molecule has 0 amide bonds. The smallest absolute Gasteiger partial charge is 0.344 e. The van der Waals surface area contributed by atoms with Crippen LogP contribution < -0.4 is 10.5 Å². The highest BCUT2D eigenvalue weighted by molar-refractivity contribution is 6.05. The summed E-state index contributed by atoms with van der Waals surface area (Å²) >= 11 is 0. The summed E-state index contributed by atoms with van der Waals surface area (Å²) in [5.41, 5.74) is 8.64. The van der Waals surface area contributed by atoms with Gasteiger partial charge in [0.15, 0.2) is 0 Å². The number of cyclic esters (lactones) is 1. The first kappa shape index (κ1) is 12.3. The molecule has 2 N–H and O–H groups in total. The van der Waals surface area contributed by atoms with Crippen molar-refractivity contribution in [1.29, 1.82) is 0 Å². The van der Waals surface area contributed by atoms with Crippen molar-refractivity contribution in [1.82, 2.24) is 0 Å². The number of rotatable bonds is 2. The van der Waals surface area contributed by atoms with E-state index in [4.69, 9.17) is 15.2 Å². The summed E-state index contributed by atoms with van der Waals surface area (Å²) in [5.74, 6) is 0.833. The van der Waals surface area contributed by atoms with Crippen LogP contribution in [0.4, 0.5) is 5.69 Å². The van der Waals surface area contributed by atoms with Crippen molar-refractivity contribution in [3.63, 3.8) is 0 Å². The lowest BCUT2D eigenvalue weighted by Gasteiger charge is -2.05. The summed E-state index contributed by atoms with van der Waals surface area (Å²) in [6.45, 7) is 0. The first-order chi connectivity index (χ1) is 9.69. The van der Waals surface area contributed by atoms with Crippen LogP contribution in [0.25, 0.3) is 11.8 Å². The molecule has 0 spiro atoms. The normalized spacial score (nSPS) is 15.1. The third-order valence-electron chi connectivity index (χ3n) is 3.17. The second kappa shape index (κ2) is 4.74. The van der Waals surface area contributed by atoms with Crippen LogP contribution in [0.5, 0.6) is 5.75 Å². The number of fused-ring (bicyclic) bond motifs is 1. The van der Waals surface area contributed by atoms with Crippen molar-refractivity contribution in [2.24, 2.45) is 0 Å². The van der Waals surface area contributed by atoms with Gasteiger partial charge in [-0.1, -0.05) is 24.3 Å². The van der Waals surface area contributed by atoms with E-state index in [2.05, 4.69) is 0 Å². The minimum Gasteiger partial charge on any atom is -0.495 e. The van der Waals surface area contributed by atoms with Crippen LogP contribution >= 0.6 is 0 Å². The molecule has 0 aliphatic carbocycles. The van der Waals surface area contributed by atoms with Crippen LogP contribution in [0.2, 0.25) is 0 Å². The molecule has 100 valence electrons. The molecule has 0 radical (unpaired) electrons. The fourth-order valence-electron chi connectivity index (χ4n) is 2.19. The van der Waals surface area contributed by atoms with Crippen molar-refractivity contribution in [3.05, 3.63) is 59.2 Å². The van der Waals surface area contributed by atoms with E-state index in [1.54, 1.807) is 31.4 Å². The summed E-state index contributed by atoms with van der Waals surface area (Å²) in [6, 6.07) is 12.7. The van der Waals surface area contributed by atoms with Crippen LogP contribution in [-0.4, -0.2) is 13.1 Å². The second-order valence-corrected chi connectivity index (χ2v) is 4.45. The van der Waals surface area contributed by atoms with Gasteiger partial charge in [0.1, 0.15) is 11.5 Å². The fourth-order valence-corrected chi connectivity index (χ4v) is 2.19. The highest BCUT2D eigenvalue weighted by atomic mass is 16.5. The van der Waals surface area contributed by atoms with Crippen molar-refractivity contribution in [3.8, 4) is 5.75 Å². The van der Waals surface area contributed by atoms with Gasteiger partial charge in [0, 0.05) is 5.56 Å². The standard InChI is InChI=1S/C16H13NO3/c1-19-14-7-6-10(8-13(14)17)9-15-11-4-2-3-5-12(11)16(18)20-15/h2-9H,17H2,1H3/b15-9-. The first-order valence-electron chi connectivity index (χ1n) is 6.16. The number of methoxy groups -OCH3 is 1. The number of nitrogen functional groups attached to an aromatic ring is 1. The largest absolute Gasteiger partial charge is 0.495 e. The molecule has 0 saturated heterocycles. The summed E-state index contributed by atoms with van der Waals surface area (Å²) in [4.78, 5) is 11.7. The van der Waals surface area contributed by atoms with Crippen molar-refractivity contribution in [2.75, 3.05) is 12.8 Å². The number of carbonyl (C=O) groups excluding carboxylic acids is 1. The molecule has 3 rings (SSSR count). The van der Waals surface area contributed by atoms with E-state index in [-0.39, 0.29) is 5.97 Å². The van der Waals surface area contributed by atoms with Gasteiger partial charge in [-0.2, -0.15) is 0 Å². The summed E-state index contributed by atoms with van der Waals surface area (Å²) < 4.78 is 10.4. The van der Waals surface area contributed by atoms with E-state index >= 15 is 0 Å². The zero-order valence-corrected chi connectivity index (χ0v) is 10.9. The van der Waals surface area contributed by atoms with Gasteiger partial charge >= 0.3 is 5.97 Å². The highest BCUT2D eigenvalue weighted by Crippen LogP contribution is 2.32. The van der Waals surface area contributed by atoms with Crippen LogP contribution in [0.1, 0.15) is 21.5 Å². The summed E-state index contributed by atoms with van der Waals surface area (Å²) in [5, 5.41) is 0. The average Bonchev–Trinajstić information content (AvgIpc) is 2.76. The zero-order valence-electron chi connectivity index (χ0n) is 10.9.